The van der Waals surface area contributed by atoms with Crippen LogP contribution in [0.2, 0.25) is 0 Å². The van der Waals surface area contributed by atoms with E-state index < -0.39 is 42.2 Å². The quantitative estimate of drug-likeness (QED) is 0.589. The maximum atomic E-state index is 12.7. The lowest BCUT2D eigenvalue weighted by Crippen LogP contribution is -2.27. The van der Waals surface area contributed by atoms with Crippen LogP contribution in [-0.4, -0.2) is 22.9 Å². The number of esters is 1. The van der Waals surface area contributed by atoms with E-state index in [1.165, 1.54) is 0 Å². The molecule has 0 saturated carbocycles. The molecule has 1 aromatic carbocycles. The highest BCUT2D eigenvalue weighted by atomic mass is 19.4. The van der Waals surface area contributed by atoms with Crippen LogP contribution in [0.15, 0.2) is 35.3 Å². The summed E-state index contributed by atoms with van der Waals surface area (Å²) in [5, 5.41) is 0. The highest BCUT2D eigenvalue weighted by Gasteiger charge is 2.31. The van der Waals surface area contributed by atoms with Crippen molar-refractivity contribution in [3.8, 4) is 0 Å². The number of ketones is 1. The van der Waals surface area contributed by atoms with Crippen LogP contribution in [0.4, 0.5) is 13.2 Å². The summed E-state index contributed by atoms with van der Waals surface area (Å²) in [6.45, 7) is 4.22. The fraction of sp³-hybridized carbons (Fsp3) is 0.316. The van der Waals surface area contributed by atoms with E-state index in [0.717, 1.165) is 22.8 Å². The van der Waals surface area contributed by atoms with Crippen molar-refractivity contribution in [1.82, 2.24) is 4.57 Å². The van der Waals surface area contributed by atoms with Gasteiger partial charge >= 0.3 is 12.1 Å². The van der Waals surface area contributed by atoms with Crippen molar-refractivity contribution in [2.24, 2.45) is 0 Å². The number of ether oxygens (including phenoxy) is 1. The molecular weight excluding hydrogens is 363 g/mol. The number of pyridine rings is 1. The van der Waals surface area contributed by atoms with E-state index in [-0.39, 0.29) is 0 Å². The Morgan fingerprint density at radius 2 is 1.67 bits per heavy atom. The number of aromatic nitrogens is 1. The van der Waals surface area contributed by atoms with Crippen LogP contribution in [0.25, 0.3) is 0 Å². The van der Waals surface area contributed by atoms with Gasteiger partial charge in [-0.1, -0.05) is 6.07 Å². The molecule has 2 rings (SSSR count). The van der Waals surface area contributed by atoms with Gasteiger partial charge in [-0.3, -0.25) is 14.4 Å². The monoisotopic (exact) mass is 381 g/mol. The fourth-order valence-corrected chi connectivity index (χ4v) is 2.49. The highest BCUT2D eigenvalue weighted by molar-refractivity contribution is 5.99. The third kappa shape index (κ3) is 5.06. The Bertz CT molecular complexity index is 945. The number of rotatable bonds is 5. The van der Waals surface area contributed by atoms with Gasteiger partial charge in [0.1, 0.15) is 6.54 Å². The van der Waals surface area contributed by atoms with Gasteiger partial charge in [0.2, 0.25) is 5.78 Å². The van der Waals surface area contributed by atoms with Gasteiger partial charge in [0.15, 0.2) is 6.61 Å². The van der Waals surface area contributed by atoms with Gasteiger partial charge in [-0.25, -0.2) is 0 Å². The largest absolute Gasteiger partial charge is 0.456 e. The van der Waals surface area contributed by atoms with Gasteiger partial charge in [0.25, 0.3) is 5.56 Å². The second kappa shape index (κ2) is 7.77. The van der Waals surface area contributed by atoms with Gasteiger partial charge in [-0.05, 0) is 49.6 Å². The van der Waals surface area contributed by atoms with Crippen LogP contribution in [0.3, 0.4) is 0 Å². The SMILES string of the molecule is Cc1cc(C)c(C(=O)COC(=O)Cn2cc(C(F)(F)F)ccc2=O)cc1C. The van der Waals surface area contributed by atoms with E-state index in [2.05, 4.69) is 0 Å². The molecule has 0 radical (unpaired) electrons. The van der Waals surface area contributed by atoms with Crippen molar-refractivity contribution < 1.29 is 27.5 Å². The normalized spacial score (nSPS) is 11.3. The van der Waals surface area contributed by atoms with Gasteiger partial charge in [-0.2, -0.15) is 13.2 Å². The molecule has 1 aromatic heterocycles. The zero-order chi connectivity index (χ0) is 20.4. The zero-order valence-corrected chi connectivity index (χ0v) is 15.0. The van der Waals surface area contributed by atoms with Crippen LogP contribution in [0.5, 0.6) is 0 Å². The number of aryl methyl sites for hydroxylation is 3. The molecule has 8 heteroatoms. The van der Waals surface area contributed by atoms with Crippen LogP contribution >= 0.6 is 0 Å². The first kappa shape index (κ1) is 20.4. The Labute approximate surface area is 153 Å². The van der Waals surface area contributed by atoms with Gasteiger partial charge in [-0.15, -0.1) is 0 Å². The summed E-state index contributed by atoms with van der Waals surface area (Å²) in [6, 6.07) is 4.89. The van der Waals surface area contributed by atoms with E-state index in [1.54, 1.807) is 13.0 Å². The molecule has 0 aliphatic carbocycles. The Morgan fingerprint density at radius 3 is 2.30 bits per heavy atom. The van der Waals surface area contributed by atoms with Crippen molar-refractivity contribution >= 4 is 11.8 Å². The first-order valence-corrected chi connectivity index (χ1v) is 8.03. The lowest BCUT2D eigenvalue weighted by molar-refractivity contribution is -0.144. The van der Waals surface area contributed by atoms with Crippen LogP contribution in [-0.2, 0) is 22.3 Å². The molecule has 144 valence electrons. The predicted octanol–water partition coefficient (Wildman–Crippen LogP) is 3.22. The van der Waals surface area contributed by atoms with Crippen molar-refractivity contribution in [3.05, 3.63) is 68.6 Å². The zero-order valence-electron chi connectivity index (χ0n) is 15.0. The number of nitrogens with zero attached hydrogens (tertiary/aromatic N) is 1. The number of benzene rings is 1. The fourth-order valence-electron chi connectivity index (χ4n) is 2.49. The molecule has 0 aliphatic heterocycles. The average molecular weight is 381 g/mol. The first-order chi connectivity index (χ1) is 12.5. The Balaban J connectivity index is 2.06. The number of carbonyl (C=O) groups is 2. The molecular formula is C19H18F3NO4. The standard InChI is InChI=1S/C19H18F3NO4/c1-11-6-13(3)15(7-12(11)2)16(24)10-27-18(26)9-23-8-14(19(20,21)22)4-5-17(23)25/h4-8H,9-10H2,1-3H3. The topological polar surface area (TPSA) is 65.4 Å². The van der Waals surface area contributed by atoms with E-state index in [0.29, 0.717) is 22.4 Å². The summed E-state index contributed by atoms with van der Waals surface area (Å²) >= 11 is 0. The number of Topliss-reactive ketones (excluding diaryl/α,β-unsaturated/α-hetero) is 1. The van der Waals surface area contributed by atoms with E-state index >= 15 is 0 Å². The Kier molecular flexibility index (Phi) is 5.88. The number of hydrogen-bond acceptors (Lipinski definition) is 4. The number of alkyl halides is 3. The summed E-state index contributed by atoms with van der Waals surface area (Å²) < 4.78 is 43.5. The summed E-state index contributed by atoms with van der Waals surface area (Å²) in [7, 11) is 0. The van der Waals surface area contributed by atoms with Gasteiger partial charge < -0.3 is 9.30 Å². The van der Waals surface area contributed by atoms with Gasteiger partial charge in [0.05, 0.1) is 5.56 Å². The van der Waals surface area contributed by atoms with Crippen molar-refractivity contribution in [2.75, 3.05) is 6.61 Å². The van der Waals surface area contributed by atoms with Crippen LogP contribution in [0.1, 0.15) is 32.6 Å². The van der Waals surface area contributed by atoms with E-state index in [9.17, 15) is 27.6 Å². The molecule has 0 aliphatic rings. The van der Waals surface area contributed by atoms with Gasteiger partial charge in [0, 0.05) is 17.8 Å². The second-order valence-electron chi connectivity index (χ2n) is 6.22. The minimum absolute atomic E-state index is 0.405. The molecule has 0 spiro atoms. The molecule has 2 aromatic rings. The Hall–Kier alpha value is -2.90. The van der Waals surface area contributed by atoms with Crippen molar-refractivity contribution in [2.45, 2.75) is 33.5 Å². The van der Waals surface area contributed by atoms with Crippen LogP contribution in [0, 0.1) is 20.8 Å². The summed E-state index contributed by atoms with van der Waals surface area (Å²) in [6.07, 6.45) is -4.10. The highest BCUT2D eigenvalue weighted by Crippen LogP contribution is 2.28. The summed E-state index contributed by atoms with van der Waals surface area (Å²) in [5.41, 5.74) is 1.22. The minimum atomic E-state index is -4.64. The van der Waals surface area contributed by atoms with Crippen LogP contribution < -0.4 is 5.56 Å². The molecule has 0 atom stereocenters. The molecule has 0 bridgehead atoms. The second-order valence-corrected chi connectivity index (χ2v) is 6.22. The third-order valence-electron chi connectivity index (χ3n) is 4.12. The number of carbonyl (C=O) groups excluding carboxylic acids is 2. The molecule has 0 N–H and O–H groups in total. The van der Waals surface area contributed by atoms with E-state index in [4.69, 9.17) is 4.74 Å². The van der Waals surface area contributed by atoms with Crippen molar-refractivity contribution in [1.29, 1.82) is 0 Å². The smallest absolute Gasteiger partial charge is 0.417 e. The average Bonchev–Trinajstić information content (AvgIpc) is 2.57. The van der Waals surface area contributed by atoms with E-state index in [1.807, 2.05) is 19.9 Å². The minimum Gasteiger partial charge on any atom is -0.456 e. The molecule has 0 fully saturated rings. The third-order valence-corrected chi connectivity index (χ3v) is 4.12. The summed E-state index contributed by atoms with van der Waals surface area (Å²) in [5.74, 6) is -1.41. The molecule has 1 heterocycles. The molecule has 5 nitrogen and oxygen atoms in total. The van der Waals surface area contributed by atoms with Crippen molar-refractivity contribution in [3.63, 3.8) is 0 Å². The Morgan fingerprint density at radius 1 is 1.04 bits per heavy atom. The maximum absolute atomic E-state index is 12.7. The lowest BCUT2D eigenvalue weighted by atomic mass is 9.98. The lowest BCUT2D eigenvalue weighted by Gasteiger charge is -2.11. The molecule has 0 amide bonds. The molecule has 27 heavy (non-hydrogen) atoms. The number of halogens is 3. The predicted molar refractivity (Wildman–Crippen MR) is 91.6 cm³/mol. The first-order valence-electron chi connectivity index (χ1n) is 8.03. The maximum Gasteiger partial charge on any atom is 0.417 e. The molecule has 0 saturated heterocycles. The summed E-state index contributed by atoms with van der Waals surface area (Å²) in [4.78, 5) is 35.7. The molecule has 0 unspecified atom stereocenters. The number of hydrogen-bond donors (Lipinski definition) is 0.